The predicted octanol–water partition coefficient (Wildman–Crippen LogP) is 0.545. The van der Waals surface area contributed by atoms with E-state index in [1.165, 1.54) is 13.3 Å². The molecule has 0 aromatic carbocycles. The average Bonchev–Trinajstić information content (AvgIpc) is 2.35. The Morgan fingerprint density at radius 2 is 2.38 bits per heavy atom. The van der Waals surface area contributed by atoms with Gasteiger partial charge in [0.15, 0.2) is 0 Å². The van der Waals surface area contributed by atoms with E-state index in [4.69, 9.17) is 9.84 Å². The number of aromatic nitrogens is 1. The predicted molar refractivity (Wildman–Crippen MR) is 59.5 cm³/mol. The number of aliphatic hydroxyl groups excluding tert-OH is 1. The maximum atomic E-state index is 12.0. The summed E-state index contributed by atoms with van der Waals surface area (Å²) in [7, 11) is 1.50. The molecule has 1 aromatic heterocycles. The zero-order valence-corrected chi connectivity index (χ0v) is 9.51. The molecule has 1 aromatic rings. The first-order chi connectivity index (χ1) is 7.72. The van der Waals surface area contributed by atoms with Crippen molar-refractivity contribution in [3.05, 3.63) is 23.9 Å². The van der Waals surface area contributed by atoms with Crippen LogP contribution in [-0.4, -0.2) is 47.7 Å². The molecule has 16 heavy (non-hydrogen) atoms. The number of amides is 1. The van der Waals surface area contributed by atoms with E-state index in [1.54, 1.807) is 17.0 Å². The van der Waals surface area contributed by atoms with Gasteiger partial charge in [0.1, 0.15) is 0 Å². The highest BCUT2D eigenvalue weighted by atomic mass is 16.5. The van der Waals surface area contributed by atoms with Gasteiger partial charge in [0.2, 0.25) is 5.88 Å². The second-order valence-electron chi connectivity index (χ2n) is 3.20. The highest BCUT2D eigenvalue weighted by Gasteiger charge is 2.14. The van der Waals surface area contributed by atoms with Gasteiger partial charge in [0, 0.05) is 30.9 Å². The Bertz CT molecular complexity index is 355. The van der Waals surface area contributed by atoms with Crippen molar-refractivity contribution in [1.29, 1.82) is 0 Å². The number of rotatable bonds is 5. The number of ether oxygens (including phenoxy) is 1. The normalized spacial score (nSPS) is 9.94. The molecule has 0 aliphatic carbocycles. The second-order valence-corrected chi connectivity index (χ2v) is 3.20. The van der Waals surface area contributed by atoms with Crippen LogP contribution < -0.4 is 4.74 Å². The summed E-state index contributed by atoms with van der Waals surface area (Å²) in [5.41, 5.74) is 0.516. The van der Waals surface area contributed by atoms with E-state index in [2.05, 4.69) is 4.98 Å². The number of methoxy groups -OCH3 is 1. The summed E-state index contributed by atoms with van der Waals surface area (Å²) in [6.45, 7) is 2.72. The molecule has 88 valence electrons. The molecule has 0 spiro atoms. The molecule has 5 heteroatoms. The smallest absolute Gasteiger partial charge is 0.254 e. The summed E-state index contributed by atoms with van der Waals surface area (Å²) in [6.07, 6.45) is 1.53. The minimum absolute atomic E-state index is 0.0399. The number of aliphatic hydroxyl groups is 1. The third-order valence-corrected chi connectivity index (χ3v) is 2.23. The van der Waals surface area contributed by atoms with E-state index in [0.29, 0.717) is 24.5 Å². The maximum absolute atomic E-state index is 12.0. The fourth-order valence-electron chi connectivity index (χ4n) is 1.36. The zero-order chi connectivity index (χ0) is 12.0. The van der Waals surface area contributed by atoms with Crippen LogP contribution in [0.15, 0.2) is 18.3 Å². The van der Waals surface area contributed by atoms with E-state index >= 15 is 0 Å². The van der Waals surface area contributed by atoms with Crippen molar-refractivity contribution in [3.8, 4) is 5.88 Å². The lowest BCUT2D eigenvalue weighted by atomic mass is 10.2. The van der Waals surface area contributed by atoms with E-state index < -0.39 is 0 Å². The van der Waals surface area contributed by atoms with Crippen molar-refractivity contribution in [2.45, 2.75) is 6.92 Å². The highest BCUT2D eigenvalue weighted by Crippen LogP contribution is 2.10. The van der Waals surface area contributed by atoms with Gasteiger partial charge in [-0.3, -0.25) is 4.79 Å². The van der Waals surface area contributed by atoms with Crippen molar-refractivity contribution >= 4 is 5.91 Å². The number of hydrogen-bond acceptors (Lipinski definition) is 4. The van der Waals surface area contributed by atoms with Crippen LogP contribution in [0.2, 0.25) is 0 Å². The van der Waals surface area contributed by atoms with Crippen LogP contribution in [0.25, 0.3) is 0 Å². The van der Waals surface area contributed by atoms with Crippen LogP contribution in [0.4, 0.5) is 0 Å². The summed E-state index contributed by atoms with van der Waals surface area (Å²) in [5, 5.41) is 8.83. The van der Waals surface area contributed by atoms with Crippen LogP contribution >= 0.6 is 0 Å². The Labute approximate surface area is 94.7 Å². The van der Waals surface area contributed by atoms with Gasteiger partial charge in [0.05, 0.1) is 13.7 Å². The van der Waals surface area contributed by atoms with Crippen LogP contribution in [0.1, 0.15) is 17.3 Å². The first-order valence-corrected chi connectivity index (χ1v) is 5.13. The van der Waals surface area contributed by atoms with Crippen LogP contribution in [0.3, 0.4) is 0 Å². The van der Waals surface area contributed by atoms with Gasteiger partial charge in [-0.15, -0.1) is 0 Å². The molecule has 1 rings (SSSR count). The van der Waals surface area contributed by atoms with Gasteiger partial charge in [-0.25, -0.2) is 4.98 Å². The molecule has 0 saturated heterocycles. The number of likely N-dealkylation sites (N-methyl/N-ethyl adjacent to an activating group) is 1. The molecule has 0 aliphatic heterocycles. The molecule has 5 nitrogen and oxygen atoms in total. The fraction of sp³-hybridized carbons (Fsp3) is 0.455. The number of carbonyl (C=O) groups excluding carboxylic acids is 1. The number of pyridine rings is 1. The van der Waals surface area contributed by atoms with Gasteiger partial charge >= 0.3 is 0 Å². The van der Waals surface area contributed by atoms with Crippen LogP contribution in [0, 0.1) is 0 Å². The minimum Gasteiger partial charge on any atom is -0.481 e. The van der Waals surface area contributed by atoms with Gasteiger partial charge in [-0.05, 0) is 13.0 Å². The molecule has 1 N–H and O–H groups in total. The standard InChI is InChI=1S/C11H16N2O3/c1-3-13(6-7-14)11(15)9-4-5-12-10(8-9)16-2/h4-5,8,14H,3,6-7H2,1-2H3. The number of nitrogens with zero attached hydrogens (tertiary/aromatic N) is 2. The number of hydrogen-bond donors (Lipinski definition) is 1. The van der Waals surface area contributed by atoms with Gasteiger partial charge in [0.25, 0.3) is 5.91 Å². The Hall–Kier alpha value is -1.62. The van der Waals surface area contributed by atoms with E-state index in [1.807, 2.05) is 6.92 Å². The zero-order valence-electron chi connectivity index (χ0n) is 9.51. The topological polar surface area (TPSA) is 62.7 Å². The van der Waals surface area contributed by atoms with Crippen LogP contribution in [0.5, 0.6) is 5.88 Å². The van der Waals surface area contributed by atoms with Crippen molar-refractivity contribution in [2.75, 3.05) is 26.8 Å². The molecule has 0 aliphatic rings. The van der Waals surface area contributed by atoms with E-state index in [9.17, 15) is 4.79 Å². The Morgan fingerprint density at radius 3 is 2.94 bits per heavy atom. The van der Waals surface area contributed by atoms with Crippen molar-refractivity contribution in [2.24, 2.45) is 0 Å². The van der Waals surface area contributed by atoms with Gasteiger partial charge in [-0.1, -0.05) is 0 Å². The monoisotopic (exact) mass is 224 g/mol. The second kappa shape index (κ2) is 6.07. The lowest BCUT2D eigenvalue weighted by Crippen LogP contribution is -2.33. The molecule has 0 radical (unpaired) electrons. The molecule has 0 fully saturated rings. The minimum atomic E-state index is -0.128. The Kier molecular flexibility index (Phi) is 4.72. The largest absolute Gasteiger partial charge is 0.481 e. The van der Waals surface area contributed by atoms with Gasteiger partial charge in [-0.2, -0.15) is 0 Å². The molecular weight excluding hydrogens is 208 g/mol. The van der Waals surface area contributed by atoms with E-state index in [-0.39, 0.29) is 12.5 Å². The van der Waals surface area contributed by atoms with Gasteiger partial charge < -0.3 is 14.7 Å². The van der Waals surface area contributed by atoms with Crippen molar-refractivity contribution < 1.29 is 14.6 Å². The summed E-state index contributed by atoms with van der Waals surface area (Å²) in [5.74, 6) is 0.281. The molecule has 0 saturated carbocycles. The molecular formula is C11H16N2O3. The lowest BCUT2D eigenvalue weighted by Gasteiger charge is -2.19. The van der Waals surface area contributed by atoms with Crippen molar-refractivity contribution in [1.82, 2.24) is 9.88 Å². The Morgan fingerprint density at radius 1 is 1.62 bits per heavy atom. The first kappa shape index (κ1) is 12.4. The molecule has 0 bridgehead atoms. The molecule has 1 heterocycles. The SMILES string of the molecule is CCN(CCO)C(=O)c1ccnc(OC)c1. The quantitative estimate of drug-likeness (QED) is 0.793. The molecule has 0 unspecified atom stereocenters. The third-order valence-electron chi connectivity index (χ3n) is 2.23. The highest BCUT2D eigenvalue weighted by molar-refractivity contribution is 5.94. The third kappa shape index (κ3) is 2.93. The summed E-state index contributed by atoms with van der Waals surface area (Å²) in [4.78, 5) is 17.5. The first-order valence-electron chi connectivity index (χ1n) is 5.13. The summed E-state index contributed by atoms with van der Waals surface area (Å²) >= 11 is 0. The summed E-state index contributed by atoms with van der Waals surface area (Å²) in [6, 6.07) is 3.22. The lowest BCUT2D eigenvalue weighted by molar-refractivity contribution is 0.0731. The van der Waals surface area contributed by atoms with Crippen LogP contribution in [-0.2, 0) is 0 Å². The Balaban J connectivity index is 2.85. The molecule has 0 atom stereocenters. The fourth-order valence-corrected chi connectivity index (χ4v) is 1.36. The number of carbonyl (C=O) groups is 1. The maximum Gasteiger partial charge on any atom is 0.254 e. The summed E-state index contributed by atoms with van der Waals surface area (Å²) < 4.78 is 4.95. The van der Waals surface area contributed by atoms with E-state index in [0.717, 1.165) is 0 Å². The average molecular weight is 224 g/mol. The van der Waals surface area contributed by atoms with Crippen molar-refractivity contribution in [3.63, 3.8) is 0 Å². The molecule has 1 amide bonds.